The molecule has 0 heterocycles. The van der Waals surface area contributed by atoms with Gasteiger partial charge in [0.2, 0.25) is 5.91 Å². The Kier molecular flexibility index (Phi) is 5.19. The molecule has 7 heteroatoms. The first-order chi connectivity index (χ1) is 10.5. The number of hydrogen-bond donors (Lipinski definition) is 2. The number of nitrogens with one attached hydrogen (secondary N) is 1. The monoisotopic (exact) mass is 307 g/mol. The van der Waals surface area contributed by atoms with Crippen LogP contribution >= 0.6 is 0 Å². The zero-order chi connectivity index (χ0) is 16.1. The van der Waals surface area contributed by atoms with Crippen molar-refractivity contribution in [3.63, 3.8) is 0 Å². The van der Waals surface area contributed by atoms with Gasteiger partial charge >= 0.3 is 5.69 Å². The number of ether oxygens (including phenoxy) is 1. The lowest BCUT2D eigenvalue weighted by Crippen LogP contribution is -2.34. The fourth-order valence-corrected chi connectivity index (χ4v) is 2.90. The topological polar surface area (TPSA) is 107 Å². The van der Waals surface area contributed by atoms with Crippen molar-refractivity contribution in [1.29, 1.82) is 0 Å². The molecular weight excluding hydrogens is 286 g/mol. The highest BCUT2D eigenvalue weighted by atomic mass is 16.6. The SMILES string of the molecule is CCOc1cccc(N[C@@H]2CCC[C@H](C(N)=O)C2)c1[N+](=O)[O-]. The van der Waals surface area contributed by atoms with Gasteiger partial charge in [-0.3, -0.25) is 14.9 Å². The van der Waals surface area contributed by atoms with E-state index in [1.165, 1.54) is 0 Å². The zero-order valence-electron chi connectivity index (χ0n) is 12.6. The lowest BCUT2D eigenvalue weighted by atomic mass is 9.85. The predicted octanol–water partition coefficient (Wildman–Crippen LogP) is 2.45. The maximum atomic E-state index is 11.3. The molecule has 2 atom stereocenters. The summed E-state index contributed by atoms with van der Waals surface area (Å²) in [6, 6.07) is 4.96. The molecule has 2 rings (SSSR count). The first-order valence-corrected chi connectivity index (χ1v) is 7.49. The normalized spacial score (nSPS) is 21.1. The number of nitro benzene ring substituents is 1. The summed E-state index contributed by atoms with van der Waals surface area (Å²) in [4.78, 5) is 22.2. The Morgan fingerprint density at radius 2 is 2.27 bits per heavy atom. The maximum Gasteiger partial charge on any atom is 0.333 e. The van der Waals surface area contributed by atoms with Crippen LogP contribution in [0.3, 0.4) is 0 Å². The zero-order valence-corrected chi connectivity index (χ0v) is 12.6. The second-order valence-electron chi connectivity index (χ2n) is 5.45. The molecule has 0 saturated heterocycles. The molecule has 0 spiro atoms. The van der Waals surface area contributed by atoms with Gasteiger partial charge < -0.3 is 15.8 Å². The van der Waals surface area contributed by atoms with E-state index in [0.717, 1.165) is 19.3 Å². The number of hydrogen-bond acceptors (Lipinski definition) is 5. The Labute approximate surface area is 129 Å². The molecule has 0 aliphatic heterocycles. The molecule has 22 heavy (non-hydrogen) atoms. The van der Waals surface area contributed by atoms with Gasteiger partial charge in [0.05, 0.1) is 11.5 Å². The molecule has 1 amide bonds. The molecule has 0 aromatic heterocycles. The first-order valence-electron chi connectivity index (χ1n) is 7.49. The van der Waals surface area contributed by atoms with Crippen LogP contribution in [0.1, 0.15) is 32.6 Å². The molecule has 0 bridgehead atoms. The fourth-order valence-electron chi connectivity index (χ4n) is 2.90. The van der Waals surface area contributed by atoms with E-state index in [-0.39, 0.29) is 29.3 Å². The molecule has 1 aliphatic carbocycles. The standard InChI is InChI=1S/C15H21N3O4/c1-2-22-13-8-4-7-12(14(13)18(20)21)17-11-6-3-5-10(9-11)15(16)19/h4,7-8,10-11,17H,2-3,5-6,9H2,1H3,(H2,16,19)/t10-,11+/m0/s1. The third-order valence-electron chi connectivity index (χ3n) is 3.92. The van der Waals surface area contributed by atoms with Gasteiger partial charge in [-0.1, -0.05) is 12.5 Å². The van der Waals surface area contributed by atoms with Crippen LogP contribution in [0.15, 0.2) is 18.2 Å². The number of nitrogens with two attached hydrogens (primary N) is 1. The Balaban J connectivity index is 2.20. The number of primary amides is 1. The molecule has 0 radical (unpaired) electrons. The number of carbonyl (C=O) groups is 1. The van der Waals surface area contributed by atoms with Crippen LogP contribution < -0.4 is 15.8 Å². The largest absolute Gasteiger partial charge is 0.487 e. The average molecular weight is 307 g/mol. The van der Waals surface area contributed by atoms with E-state index < -0.39 is 4.92 Å². The number of amides is 1. The highest BCUT2D eigenvalue weighted by Gasteiger charge is 2.28. The summed E-state index contributed by atoms with van der Waals surface area (Å²) in [5, 5.41) is 14.5. The van der Waals surface area contributed by atoms with Crippen molar-refractivity contribution in [3.05, 3.63) is 28.3 Å². The van der Waals surface area contributed by atoms with Gasteiger partial charge in [0.15, 0.2) is 5.75 Å². The summed E-state index contributed by atoms with van der Waals surface area (Å²) in [6.45, 7) is 2.14. The molecule has 1 aromatic carbocycles. The number of anilines is 1. The molecule has 0 unspecified atom stereocenters. The number of nitrogens with zero attached hydrogens (tertiary/aromatic N) is 1. The minimum absolute atomic E-state index is 0.00169. The van der Waals surface area contributed by atoms with Crippen LogP contribution in [0.25, 0.3) is 0 Å². The van der Waals surface area contributed by atoms with Crippen molar-refractivity contribution in [2.45, 2.75) is 38.6 Å². The lowest BCUT2D eigenvalue weighted by Gasteiger charge is -2.28. The Morgan fingerprint density at radius 1 is 1.50 bits per heavy atom. The summed E-state index contributed by atoms with van der Waals surface area (Å²) in [7, 11) is 0. The van der Waals surface area contributed by atoms with Gasteiger partial charge in [0.1, 0.15) is 5.69 Å². The fraction of sp³-hybridized carbons (Fsp3) is 0.533. The van der Waals surface area contributed by atoms with E-state index in [2.05, 4.69) is 5.32 Å². The van der Waals surface area contributed by atoms with Crippen LogP contribution in [0, 0.1) is 16.0 Å². The number of para-hydroxylation sites is 1. The smallest absolute Gasteiger partial charge is 0.333 e. The molecular formula is C15H21N3O4. The number of nitro groups is 1. The predicted molar refractivity (Wildman–Crippen MR) is 82.8 cm³/mol. The van der Waals surface area contributed by atoms with E-state index in [0.29, 0.717) is 18.7 Å². The molecule has 1 aromatic rings. The lowest BCUT2D eigenvalue weighted by molar-refractivity contribution is -0.385. The van der Waals surface area contributed by atoms with Crippen molar-refractivity contribution >= 4 is 17.3 Å². The minimum atomic E-state index is -0.443. The highest BCUT2D eigenvalue weighted by molar-refractivity contribution is 5.77. The number of benzene rings is 1. The molecule has 1 aliphatic rings. The van der Waals surface area contributed by atoms with Crippen LogP contribution in [-0.4, -0.2) is 23.5 Å². The van der Waals surface area contributed by atoms with Crippen LogP contribution in [0.4, 0.5) is 11.4 Å². The van der Waals surface area contributed by atoms with E-state index in [1.807, 2.05) is 0 Å². The quantitative estimate of drug-likeness (QED) is 0.620. The van der Waals surface area contributed by atoms with Crippen molar-refractivity contribution in [2.75, 3.05) is 11.9 Å². The van der Waals surface area contributed by atoms with E-state index in [4.69, 9.17) is 10.5 Å². The van der Waals surface area contributed by atoms with Crippen molar-refractivity contribution in [1.82, 2.24) is 0 Å². The second-order valence-corrected chi connectivity index (χ2v) is 5.45. The van der Waals surface area contributed by atoms with Crippen molar-refractivity contribution in [2.24, 2.45) is 11.7 Å². The summed E-state index contributed by atoms with van der Waals surface area (Å²) in [6.07, 6.45) is 3.13. The van der Waals surface area contributed by atoms with Gasteiger partial charge in [-0.2, -0.15) is 0 Å². The van der Waals surface area contributed by atoms with Gasteiger partial charge in [-0.15, -0.1) is 0 Å². The summed E-state index contributed by atoms with van der Waals surface area (Å²) < 4.78 is 5.33. The first kappa shape index (κ1) is 16.1. The van der Waals surface area contributed by atoms with Crippen molar-refractivity contribution < 1.29 is 14.5 Å². The Morgan fingerprint density at radius 3 is 2.91 bits per heavy atom. The Bertz CT molecular complexity index is 562. The van der Waals surface area contributed by atoms with Crippen LogP contribution in [-0.2, 0) is 4.79 Å². The molecule has 3 N–H and O–H groups in total. The Hall–Kier alpha value is -2.31. The molecule has 120 valence electrons. The summed E-state index contributed by atoms with van der Waals surface area (Å²) in [5.74, 6) is -0.218. The van der Waals surface area contributed by atoms with E-state index in [9.17, 15) is 14.9 Å². The van der Waals surface area contributed by atoms with Crippen LogP contribution in [0.2, 0.25) is 0 Å². The molecule has 1 fully saturated rings. The number of rotatable bonds is 6. The molecule has 1 saturated carbocycles. The van der Waals surface area contributed by atoms with E-state index in [1.54, 1.807) is 25.1 Å². The second kappa shape index (κ2) is 7.11. The summed E-state index contributed by atoms with van der Waals surface area (Å²) in [5.41, 5.74) is 5.73. The summed E-state index contributed by atoms with van der Waals surface area (Å²) >= 11 is 0. The number of carbonyl (C=O) groups excluding carboxylic acids is 1. The van der Waals surface area contributed by atoms with Crippen LogP contribution in [0.5, 0.6) is 5.75 Å². The average Bonchev–Trinajstić information content (AvgIpc) is 2.47. The van der Waals surface area contributed by atoms with Gasteiger partial charge in [0, 0.05) is 12.0 Å². The van der Waals surface area contributed by atoms with Crippen molar-refractivity contribution in [3.8, 4) is 5.75 Å². The third kappa shape index (κ3) is 3.66. The van der Waals surface area contributed by atoms with E-state index >= 15 is 0 Å². The van der Waals surface area contributed by atoms with Gasteiger partial charge in [-0.25, -0.2) is 0 Å². The highest BCUT2D eigenvalue weighted by Crippen LogP contribution is 2.36. The minimum Gasteiger partial charge on any atom is -0.487 e. The third-order valence-corrected chi connectivity index (χ3v) is 3.92. The molecule has 7 nitrogen and oxygen atoms in total. The van der Waals surface area contributed by atoms with Gasteiger partial charge in [-0.05, 0) is 38.3 Å². The maximum absolute atomic E-state index is 11.3. The van der Waals surface area contributed by atoms with Gasteiger partial charge in [0.25, 0.3) is 0 Å².